The topological polar surface area (TPSA) is 130 Å². The van der Waals surface area contributed by atoms with Gasteiger partial charge in [-0.05, 0) is 37.8 Å². The maximum Gasteiger partial charge on any atom is 0.261 e. The fraction of sp³-hybridized carbons (Fsp3) is 0.545. The second-order valence-electron chi connectivity index (χ2n) is 8.94. The molecule has 0 spiro atoms. The monoisotopic (exact) mass is 410 g/mol. The first kappa shape index (κ1) is 19.4. The maximum atomic E-state index is 13.1. The van der Waals surface area contributed by atoms with Gasteiger partial charge in [0.1, 0.15) is 0 Å². The van der Waals surface area contributed by atoms with Crippen molar-refractivity contribution in [3.8, 4) is 0 Å². The zero-order valence-corrected chi connectivity index (χ0v) is 16.8. The van der Waals surface area contributed by atoms with Gasteiger partial charge >= 0.3 is 0 Å². The molecule has 0 amide bonds. The molecule has 0 saturated heterocycles. The van der Waals surface area contributed by atoms with E-state index in [2.05, 4.69) is 0 Å². The number of hydrogen-bond donors (Lipinski definition) is 2. The second-order valence-corrected chi connectivity index (χ2v) is 8.94. The summed E-state index contributed by atoms with van der Waals surface area (Å²) in [4.78, 5) is 52.4. The molecule has 0 bridgehead atoms. The summed E-state index contributed by atoms with van der Waals surface area (Å²) < 4.78 is 2.49. The normalized spacial score (nSPS) is 27.8. The summed E-state index contributed by atoms with van der Waals surface area (Å²) in [5, 5.41) is 0.750. The van der Waals surface area contributed by atoms with Gasteiger partial charge in [-0.1, -0.05) is 25.7 Å². The summed E-state index contributed by atoms with van der Waals surface area (Å²) in [5.41, 5.74) is 10.7. The van der Waals surface area contributed by atoms with E-state index in [-0.39, 0.29) is 45.7 Å². The van der Waals surface area contributed by atoms with Crippen molar-refractivity contribution in [1.29, 1.82) is 0 Å². The molecule has 0 aliphatic heterocycles. The number of fused-ring (bicyclic) bond motifs is 2. The largest absolute Gasteiger partial charge is 0.326 e. The van der Waals surface area contributed by atoms with Gasteiger partial charge in [0, 0.05) is 12.1 Å². The van der Waals surface area contributed by atoms with E-state index in [1.165, 1.54) is 21.3 Å². The smallest absolute Gasteiger partial charge is 0.261 e. The number of aromatic nitrogens is 2. The van der Waals surface area contributed by atoms with Crippen LogP contribution in [0, 0.1) is 0 Å². The summed E-state index contributed by atoms with van der Waals surface area (Å²) in [7, 11) is 0. The third kappa shape index (κ3) is 2.66. The first-order chi connectivity index (χ1) is 14.4. The van der Waals surface area contributed by atoms with Crippen LogP contribution >= 0.6 is 0 Å². The highest BCUT2D eigenvalue weighted by Crippen LogP contribution is 2.28. The van der Waals surface area contributed by atoms with Crippen molar-refractivity contribution in [3.63, 3.8) is 0 Å². The van der Waals surface area contributed by atoms with E-state index in [4.69, 9.17) is 11.5 Å². The first-order valence-corrected chi connectivity index (χ1v) is 10.8. The zero-order valence-electron chi connectivity index (χ0n) is 16.8. The summed E-state index contributed by atoms with van der Waals surface area (Å²) >= 11 is 0. The molecule has 4 N–H and O–H groups in total. The molecular weight excluding hydrogens is 384 g/mol. The highest BCUT2D eigenvalue weighted by Gasteiger charge is 2.31. The Balaban J connectivity index is 1.73. The number of benzene rings is 1. The minimum absolute atomic E-state index is 0.187. The van der Waals surface area contributed by atoms with Crippen LogP contribution in [-0.2, 0) is 0 Å². The summed E-state index contributed by atoms with van der Waals surface area (Å²) in [6.45, 7) is 0. The van der Waals surface area contributed by atoms with Crippen LogP contribution < -0.4 is 33.7 Å². The lowest BCUT2D eigenvalue weighted by Crippen LogP contribution is -2.42. The van der Waals surface area contributed by atoms with E-state index in [0.717, 1.165) is 38.5 Å². The first-order valence-electron chi connectivity index (χ1n) is 10.8. The molecule has 2 fully saturated rings. The summed E-state index contributed by atoms with van der Waals surface area (Å²) in [6, 6.07) is 1.66. The molecular formula is C22H26N4O4. The highest BCUT2D eigenvalue weighted by atomic mass is 16.2. The Hall–Kier alpha value is -2.58. The summed E-state index contributed by atoms with van der Waals surface area (Å²) in [5.74, 6) is 0. The Morgan fingerprint density at radius 2 is 0.867 bits per heavy atom. The zero-order chi connectivity index (χ0) is 21.2. The molecule has 0 radical (unpaired) electrons. The van der Waals surface area contributed by atoms with Gasteiger partial charge in [-0.25, -0.2) is 0 Å². The van der Waals surface area contributed by atoms with Crippen molar-refractivity contribution in [2.75, 3.05) is 0 Å². The Kier molecular flexibility index (Phi) is 4.52. The van der Waals surface area contributed by atoms with Gasteiger partial charge in [-0.3, -0.25) is 28.3 Å². The van der Waals surface area contributed by atoms with E-state index in [9.17, 15) is 19.2 Å². The van der Waals surface area contributed by atoms with Crippen molar-refractivity contribution in [1.82, 2.24) is 9.13 Å². The Bertz CT molecular complexity index is 1170. The Morgan fingerprint density at radius 3 is 1.17 bits per heavy atom. The average Bonchev–Trinajstić information content (AvgIpc) is 3.12. The second kappa shape index (κ2) is 6.99. The molecule has 1 aromatic carbocycles. The van der Waals surface area contributed by atoms with Gasteiger partial charge in [-0.2, -0.15) is 0 Å². The van der Waals surface area contributed by atoms with Crippen LogP contribution in [0.1, 0.15) is 63.5 Å². The van der Waals surface area contributed by atoms with E-state index in [1.807, 2.05) is 0 Å². The number of hydrogen-bond acceptors (Lipinski definition) is 6. The molecule has 2 heterocycles. The van der Waals surface area contributed by atoms with Gasteiger partial charge < -0.3 is 11.5 Å². The van der Waals surface area contributed by atoms with Crippen LogP contribution in [0.15, 0.2) is 31.3 Å². The van der Waals surface area contributed by atoms with Gasteiger partial charge in [0.15, 0.2) is 0 Å². The molecule has 158 valence electrons. The Morgan fingerprint density at radius 1 is 0.567 bits per heavy atom. The predicted octanol–water partition coefficient (Wildman–Crippen LogP) is 0.797. The number of nitrogens with zero attached hydrogens (tertiary/aromatic N) is 2. The molecule has 8 heteroatoms. The molecule has 2 aliphatic rings. The fourth-order valence-electron chi connectivity index (χ4n) is 5.53. The van der Waals surface area contributed by atoms with Crippen molar-refractivity contribution in [2.24, 2.45) is 11.5 Å². The molecule has 2 aromatic heterocycles. The third-order valence-electron chi connectivity index (χ3n) is 7.18. The lowest BCUT2D eigenvalue weighted by molar-refractivity contribution is 0.298. The van der Waals surface area contributed by atoms with Crippen LogP contribution in [0.5, 0.6) is 0 Å². The standard InChI is InChI=1S/C22H26N4O4/c23-15-5-1-3-7-17(15)25-19(27)11-9-13-14(10-12(11)20(25)28)22(30)26(21(13)29)18-8-4-2-6-16(18)24/h9-10,15-18H,1-8,23-24H2/t15-,16-,17-,18?/m1/s1. The predicted molar refractivity (Wildman–Crippen MR) is 116 cm³/mol. The summed E-state index contributed by atoms with van der Waals surface area (Å²) in [6.07, 6.45) is 6.68. The van der Waals surface area contributed by atoms with E-state index >= 15 is 0 Å². The highest BCUT2D eigenvalue weighted by molar-refractivity contribution is 5.97. The molecule has 8 nitrogen and oxygen atoms in total. The minimum atomic E-state index is -0.423. The molecule has 2 aliphatic carbocycles. The maximum absolute atomic E-state index is 13.1. The van der Waals surface area contributed by atoms with E-state index in [0.29, 0.717) is 12.8 Å². The molecule has 30 heavy (non-hydrogen) atoms. The van der Waals surface area contributed by atoms with Gasteiger partial charge in [-0.15, -0.1) is 0 Å². The van der Waals surface area contributed by atoms with Gasteiger partial charge in [0.05, 0.1) is 33.6 Å². The third-order valence-corrected chi connectivity index (χ3v) is 7.18. The average molecular weight is 410 g/mol. The van der Waals surface area contributed by atoms with Crippen LogP contribution in [0.2, 0.25) is 0 Å². The van der Waals surface area contributed by atoms with Crippen molar-refractivity contribution >= 4 is 21.5 Å². The minimum Gasteiger partial charge on any atom is -0.326 e. The number of nitrogens with two attached hydrogens (primary N) is 2. The van der Waals surface area contributed by atoms with Crippen LogP contribution in [0.3, 0.4) is 0 Å². The van der Waals surface area contributed by atoms with Gasteiger partial charge in [0.25, 0.3) is 22.2 Å². The lowest BCUT2D eigenvalue weighted by Gasteiger charge is -2.28. The molecule has 3 aromatic rings. The molecule has 2 saturated carbocycles. The molecule has 4 atom stereocenters. The SMILES string of the molecule is N[C@@H]1CCCCC1n1c(=O)c2cc3c(=O)n([C@@H]4CCCC[C@H]4N)c(=O)c3cc2c1=O. The Labute approximate surface area is 171 Å². The number of rotatable bonds is 2. The fourth-order valence-corrected chi connectivity index (χ4v) is 5.53. The van der Waals surface area contributed by atoms with Crippen molar-refractivity contribution in [2.45, 2.75) is 75.5 Å². The lowest BCUT2D eigenvalue weighted by atomic mass is 9.91. The van der Waals surface area contributed by atoms with Crippen LogP contribution in [-0.4, -0.2) is 21.2 Å². The van der Waals surface area contributed by atoms with Crippen LogP contribution in [0.25, 0.3) is 21.5 Å². The molecule has 5 rings (SSSR count). The van der Waals surface area contributed by atoms with Crippen molar-refractivity contribution in [3.05, 3.63) is 53.5 Å². The van der Waals surface area contributed by atoms with E-state index in [1.54, 1.807) is 0 Å². The van der Waals surface area contributed by atoms with Gasteiger partial charge in [0.2, 0.25) is 0 Å². The van der Waals surface area contributed by atoms with E-state index < -0.39 is 22.2 Å². The molecule has 1 unspecified atom stereocenters. The quantitative estimate of drug-likeness (QED) is 0.643. The van der Waals surface area contributed by atoms with Crippen molar-refractivity contribution < 1.29 is 0 Å². The van der Waals surface area contributed by atoms with Crippen LogP contribution in [0.4, 0.5) is 0 Å².